The van der Waals surface area contributed by atoms with Gasteiger partial charge < -0.3 is 4.74 Å². The minimum Gasteiger partial charge on any atom is -0.444 e. The largest absolute Gasteiger partial charge is 0.523 e. The van der Waals surface area contributed by atoms with Gasteiger partial charge in [0.25, 0.3) is 0 Å². The van der Waals surface area contributed by atoms with Crippen molar-refractivity contribution in [2.24, 2.45) is 0 Å². The maximum Gasteiger partial charge on any atom is 0.523 e. The van der Waals surface area contributed by atoms with Crippen LogP contribution in [0.5, 0.6) is 0 Å². The first-order valence-corrected chi connectivity index (χ1v) is 9.05. The molecule has 0 bridgehead atoms. The van der Waals surface area contributed by atoms with E-state index in [1.165, 1.54) is 0 Å². The second-order valence-corrected chi connectivity index (χ2v) is 6.98. The molecule has 146 valence electrons. The molecule has 0 N–H and O–H groups in total. The predicted octanol–water partition coefficient (Wildman–Crippen LogP) is 3.65. The van der Waals surface area contributed by atoms with Crippen LogP contribution in [0.2, 0.25) is 0 Å². The maximum atomic E-state index is 12.4. The van der Waals surface area contributed by atoms with E-state index in [-0.39, 0.29) is 13.2 Å². The van der Waals surface area contributed by atoms with Crippen molar-refractivity contribution >= 4 is 16.2 Å². The lowest BCUT2D eigenvalue weighted by Gasteiger charge is -2.22. The standard InChI is InChI=1S/C17H16F3NO5S/c18-17(19,20)27(23,24)26-13-21(11-14-7-3-1-4-8-14)16(22)25-12-15-9-5-2-6-10-15/h1-10H,11-13H2. The number of alkyl halides is 3. The van der Waals surface area contributed by atoms with E-state index in [1.807, 2.05) is 0 Å². The van der Waals surface area contributed by atoms with Crippen LogP contribution in [-0.2, 0) is 32.2 Å². The second-order valence-electron chi connectivity index (χ2n) is 5.37. The minimum atomic E-state index is -5.84. The van der Waals surface area contributed by atoms with Crippen molar-refractivity contribution in [3.63, 3.8) is 0 Å². The summed E-state index contributed by atoms with van der Waals surface area (Å²) in [6.45, 7) is -1.46. The summed E-state index contributed by atoms with van der Waals surface area (Å²) < 4.78 is 68.5. The van der Waals surface area contributed by atoms with E-state index >= 15 is 0 Å². The van der Waals surface area contributed by atoms with E-state index < -0.39 is 28.5 Å². The second kappa shape index (κ2) is 8.87. The van der Waals surface area contributed by atoms with Crippen molar-refractivity contribution in [3.8, 4) is 0 Å². The molecule has 2 aromatic rings. The molecule has 0 aliphatic rings. The van der Waals surface area contributed by atoms with Crippen LogP contribution in [0.25, 0.3) is 0 Å². The van der Waals surface area contributed by atoms with Gasteiger partial charge >= 0.3 is 21.7 Å². The Labute approximate surface area is 154 Å². The molecule has 1 amide bonds. The summed E-state index contributed by atoms with van der Waals surface area (Å²) in [4.78, 5) is 13.0. The van der Waals surface area contributed by atoms with Gasteiger partial charge in [-0.15, -0.1) is 0 Å². The number of benzene rings is 2. The number of ether oxygens (including phenoxy) is 1. The van der Waals surface area contributed by atoms with Crippen LogP contribution < -0.4 is 0 Å². The number of halogens is 3. The molecule has 0 aliphatic heterocycles. The summed E-state index contributed by atoms with van der Waals surface area (Å²) in [7, 11) is -5.84. The molecule has 6 nitrogen and oxygen atoms in total. The van der Waals surface area contributed by atoms with Gasteiger partial charge in [-0.05, 0) is 11.1 Å². The van der Waals surface area contributed by atoms with Crippen molar-refractivity contribution in [2.45, 2.75) is 18.7 Å². The Morgan fingerprint density at radius 3 is 1.96 bits per heavy atom. The van der Waals surface area contributed by atoms with Crippen LogP contribution in [0.15, 0.2) is 60.7 Å². The summed E-state index contributed by atoms with van der Waals surface area (Å²) in [6, 6.07) is 16.9. The highest BCUT2D eigenvalue weighted by atomic mass is 32.2. The molecule has 2 rings (SSSR count). The Kier molecular flexibility index (Phi) is 6.81. The Bertz CT molecular complexity index is 842. The van der Waals surface area contributed by atoms with Gasteiger partial charge in [0.15, 0.2) is 0 Å². The normalized spacial score (nSPS) is 11.8. The summed E-state index contributed by atoms with van der Waals surface area (Å²) in [5, 5.41) is 0. The van der Waals surface area contributed by atoms with Gasteiger partial charge in [-0.2, -0.15) is 21.6 Å². The number of amides is 1. The van der Waals surface area contributed by atoms with Crippen LogP contribution in [0.1, 0.15) is 11.1 Å². The van der Waals surface area contributed by atoms with Gasteiger partial charge in [-0.25, -0.2) is 8.98 Å². The Balaban J connectivity index is 2.07. The average Bonchev–Trinajstić information content (AvgIpc) is 2.64. The lowest BCUT2D eigenvalue weighted by Crippen LogP contribution is -2.36. The van der Waals surface area contributed by atoms with Crippen LogP contribution in [0.3, 0.4) is 0 Å². The molecule has 0 heterocycles. The van der Waals surface area contributed by atoms with Gasteiger partial charge in [0, 0.05) is 0 Å². The quantitative estimate of drug-likeness (QED) is 0.401. The maximum absolute atomic E-state index is 12.4. The molecule has 0 fully saturated rings. The number of rotatable bonds is 7. The zero-order valence-electron chi connectivity index (χ0n) is 13.9. The van der Waals surface area contributed by atoms with Crippen LogP contribution in [0.4, 0.5) is 18.0 Å². The summed E-state index contributed by atoms with van der Waals surface area (Å²) in [6.07, 6.45) is -1.01. The van der Waals surface area contributed by atoms with Gasteiger partial charge in [-0.1, -0.05) is 60.7 Å². The molecule has 2 aromatic carbocycles. The van der Waals surface area contributed by atoms with Crippen LogP contribution in [-0.4, -0.2) is 31.7 Å². The van der Waals surface area contributed by atoms with E-state index in [4.69, 9.17) is 4.74 Å². The van der Waals surface area contributed by atoms with Crippen molar-refractivity contribution in [3.05, 3.63) is 71.8 Å². The molecule has 10 heteroatoms. The molecule has 0 spiro atoms. The molecule has 0 aromatic heterocycles. The fourth-order valence-corrected chi connectivity index (χ4v) is 2.38. The first-order valence-electron chi connectivity index (χ1n) is 7.64. The number of hydrogen-bond acceptors (Lipinski definition) is 5. The van der Waals surface area contributed by atoms with E-state index in [0.29, 0.717) is 11.1 Å². The van der Waals surface area contributed by atoms with Crippen molar-refractivity contribution in [2.75, 3.05) is 6.73 Å². The Hall–Kier alpha value is -2.59. The highest BCUT2D eigenvalue weighted by Gasteiger charge is 2.47. The fraction of sp³-hybridized carbons (Fsp3) is 0.235. The number of carbonyl (C=O) groups excluding carboxylic acids is 1. The molecular weight excluding hydrogens is 387 g/mol. The van der Waals surface area contributed by atoms with Gasteiger partial charge in [-0.3, -0.25) is 4.90 Å². The topological polar surface area (TPSA) is 72.9 Å². The van der Waals surface area contributed by atoms with E-state index in [9.17, 15) is 26.4 Å². The molecule has 27 heavy (non-hydrogen) atoms. The number of carbonyl (C=O) groups is 1. The number of nitrogens with zero attached hydrogens (tertiary/aromatic N) is 1. The molecular formula is C17H16F3NO5S. The van der Waals surface area contributed by atoms with Crippen LogP contribution in [0, 0.1) is 0 Å². The van der Waals surface area contributed by atoms with Crippen LogP contribution >= 0.6 is 0 Å². The van der Waals surface area contributed by atoms with Crippen molar-refractivity contribution in [1.82, 2.24) is 4.90 Å². The summed E-state index contributed by atoms with van der Waals surface area (Å²) in [5.41, 5.74) is -4.36. The van der Waals surface area contributed by atoms with Crippen molar-refractivity contribution < 1.29 is 35.3 Å². The third-order valence-corrected chi connectivity index (χ3v) is 4.31. The third kappa shape index (κ3) is 6.26. The molecule has 0 saturated carbocycles. The first-order chi connectivity index (χ1) is 12.7. The highest BCUT2D eigenvalue weighted by molar-refractivity contribution is 7.87. The van der Waals surface area contributed by atoms with E-state index in [2.05, 4.69) is 4.18 Å². The molecule has 0 unspecified atom stereocenters. The van der Waals surface area contributed by atoms with Crippen molar-refractivity contribution in [1.29, 1.82) is 0 Å². The lowest BCUT2D eigenvalue weighted by atomic mass is 10.2. The number of hydrogen-bond donors (Lipinski definition) is 0. The van der Waals surface area contributed by atoms with E-state index in [0.717, 1.165) is 4.90 Å². The zero-order chi connectivity index (χ0) is 19.9. The molecule has 0 radical (unpaired) electrons. The monoisotopic (exact) mass is 403 g/mol. The molecule has 0 atom stereocenters. The highest BCUT2D eigenvalue weighted by Crippen LogP contribution is 2.25. The van der Waals surface area contributed by atoms with E-state index in [1.54, 1.807) is 60.7 Å². The average molecular weight is 403 g/mol. The van der Waals surface area contributed by atoms with Gasteiger partial charge in [0.2, 0.25) is 0 Å². The Morgan fingerprint density at radius 1 is 0.926 bits per heavy atom. The first kappa shape index (κ1) is 20.7. The molecule has 0 saturated heterocycles. The van der Waals surface area contributed by atoms with Gasteiger partial charge in [0.1, 0.15) is 13.3 Å². The summed E-state index contributed by atoms with van der Waals surface area (Å²) >= 11 is 0. The fourth-order valence-electron chi connectivity index (χ4n) is 1.98. The minimum absolute atomic E-state index is 0.128. The predicted molar refractivity (Wildman–Crippen MR) is 89.5 cm³/mol. The lowest BCUT2D eigenvalue weighted by molar-refractivity contribution is -0.0577. The Morgan fingerprint density at radius 2 is 1.44 bits per heavy atom. The van der Waals surface area contributed by atoms with Gasteiger partial charge in [0.05, 0.1) is 6.54 Å². The molecule has 0 aliphatic carbocycles. The summed E-state index contributed by atoms with van der Waals surface area (Å²) in [5.74, 6) is 0. The smallest absolute Gasteiger partial charge is 0.444 e. The SMILES string of the molecule is O=C(OCc1ccccc1)N(COS(=O)(=O)C(F)(F)F)Cc1ccccc1. The third-order valence-electron chi connectivity index (χ3n) is 3.33. The zero-order valence-corrected chi connectivity index (χ0v) is 14.7.